The molecule has 6 nitrogen and oxygen atoms in total. The summed E-state index contributed by atoms with van der Waals surface area (Å²) in [6, 6.07) is 0.475. The number of nitrogens with zero attached hydrogens (tertiary/aromatic N) is 1. The number of sulfonamides is 1. The van der Waals surface area contributed by atoms with Crippen molar-refractivity contribution in [3.05, 3.63) is 0 Å². The van der Waals surface area contributed by atoms with E-state index in [0.717, 1.165) is 18.1 Å². The largest absolute Gasteiger partial charge is 0.355 e. The van der Waals surface area contributed by atoms with E-state index in [0.29, 0.717) is 19.1 Å². The van der Waals surface area contributed by atoms with Crippen LogP contribution in [0.5, 0.6) is 0 Å². The van der Waals surface area contributed by atoms with Crippen LogP contribution in [0.4, 0.5) is 0 Å². The van der Waals surface area contributed by atoms with Crippen molar-refractivity contribution in [3.63, 3.8) is 0 Å². The molecule has 2 atom stereocenters. The van der Waals surface area contributed by atoms with Gasteiger partial charge in [0.15, 0.2) is 5.96 Å². The molecule has 118 valence electrons. The van der Waals surface area contributed by atoms with E-state index < -0.39 is 10.0 Å². The lowest BCUT2D eigenvalue weighted by molar-refractivity contribution is 0.298. The van der Waals surface area contributed by atoms with E-state index in [1.165, 1.54) is 32.1 Å². The van der Waals surface area contributed by atoms with Gasteiger partial charge in [0.2, 0.25) is 10.0 Å². The fourth-order valence-electron chi connectivity index (χ4n) is 2.60. The van der Waals surface area contributed by atoms with Gasteiger partial charge in [-0.3, -0.25) is 4.99 Å². The molecule has 0 aromatic carbocycles. The minimum absolute atomic E-state index is 0.363. The maximum atomic E-state index is 10.9. The molecule has 0 aliphatic heterocycles. The molecule has 1 aliphatic rings. The van der Waals surface area contributed by atoms with Gasteiger partial charge in [-0.2, -0.15) is 0 Å². The van der Waals surface area contributed by atoms with Crippen molar-refractivity contribution in [2.45, 2.75) is 45.1 Å². The molecule has 3 N–H and O–H groups in total. The Morgan fingerprint density at radius 2 is 2.05 bits per heavy atom. The lowest BCUT2D eigenvalue weighted by atomic mass is 9.84. The van der Waals surface area contributed by atoms with Gasteiger partial charge >= 0.3 is 0 Å². The highest BCUT2D eigenvalue weighted by Crippen LogP contribution is 2.26. The maximum absolute atomic E-state index is 10.9. The first-order chi connectivity index (χ1) is 9.44. The van der Waals surface area contributed by atoms with Crippen LogP contribution in [-0.2, 0) is 10.0 Å². The van der Waals surface area contributed by atoms with Gasteiger partial charge in [-0.05, 0) is 18.8 Å². The highest BCUT2D eigenvalue weighted by molar-refractivity contribution is 7.88. The molecule has 1 fully saturated rings. The Balaban J connectivity index is 2.29. The van der Waals surface area contributed by atoms with Crippen molar-refractivity contribution in [2.24, 2.45) is 10.9 Å². The van der Waals surface area contributed by atoms with Gasteiger partial charge in [-0.1, -0.05) is 26.2 Å². The fraction of sp³-hybridized carbons (Fsp3) is 0.923. The predicted octanol–water partition coefficient (Wildman–Crippen LogP) is 0.669. The summed E-state index contributed by atoms with van der Waals surface area (Å²) < 4.78 is 24.3. The van der Waals surface area contributed by atoms with Crippen LogP contribution in [0.3, 0.4) is 0 Å². The zero-order valence-electron chi connectivity index (χ0n) is 12.8. The quantitative estimate of drug-likeness (QED) is 0.383. The molecule has 0 spiro atoms. The van der Waals surface area contributed by atoms with Crippen molar-refractivity contribution in [3.8, 4) is 0 Å². The van der Waals surface area contributed by atoms with Crippen LogP contribution >= 0.6 is 0 Å². The standard InChI is InChI=1S/C13H28N4O2S/c1-4-11-6-5-7-12(10-11)17-13(14-2)15-8-9-16-20(3,18)19/h11-12,16H,4-10H2,1-3H3,(H2,14,15,17). The summed E-state index contributed by atoms with van der Waals surface area (Å²) in [5.74, 6) is 1.56. The molecule has 1 rings (SSSR count). The average Bonchev–Trinajstić information content (AvgIpc) is 2.41. The second kappa shape index (κ2) is 8.46. The molecule has 0 bridgehead atoms. The monoisotopic (exact) mass is 304 g/mol. The summed E-state index contributed by atoms with van der Waals surface area (Å²) in [5, 5.41) is 6.56. The first-order valence-electron chi connectivity index (χ1n) is 7.36. The van der Waals surface area contributed by atoms with Crippen molar-refractivity contribution in [1.29, 1.82) is 0 Å². The third-order valence-electron chi connectivity index (χ3n) is 3.71. The van der Waals surface area contributed by atoms with Gasteiger partial charge in [-0.15, -0.1) is 0 Å². The Hall–Kier alpha value is -0.820. The Morgan fingerprint density at radius 3 is 2.65 bits per heavy atom. The molecular weight excluding hydrogens is 276 g/mol. The van der Waals surface area contributed by atoms with E-state index >= 15 is 0 Å². The zero-order chi connectivity index (χ0) is 15.0. The summed E-state index contributed by atoms with van der Waals surface area (Å²) >= 11 is 0. The third-order valence-corrected chi connectivity index (χ3v) is 4.43. The number of hydrogen-bond acceptors (Lipinski definition) is 3. The van der Waals surface area contributed by atoms with E-state index in [1.54, 1.807) is 7.05 Å². The highest BCUT2D eigenvalue weighted by Gasteiger charge is 2.21. The summed E-state index contributed by atoms with van der Waals surface area (Å²) in [6.07, 6.45) is 7.37. The van der Waals surface area contributed by atoms with E-state index in [1.807, 2.05) is 0 Å². The summed E-state index contributed by atoms with van der Waals surface area (Å²) in [6.45, 7) is 3.13. The Labute approximate surface area is 122 Å². The Bertz CT molecular complexity index is 409. The average molecular weight is 304 g/mol. The minimum atomic E-state index is -3.12. The molecule has 20 heavy (non-hydrogen) atoms. The summed E-state index contributed by atoms with van der Waals surface area (Å²) in [4.78, 5) is 4.18. The maximum Gasteiger partial charge on any atom is 0.208 e. The minimum Gasteiger partial charge on any atom is -0.355 e. The summed E-state index contributed by atoms with van der Waals surface area (Å²) in [7, 11) is -1.38. The van der Waals surface area contributed by atoms with Crippen LogP contribution in [-0.4, -0.2) is 46.8 Å². The van der Waals surface area contributed by atoms with Gasteiger partial charge < -0.3 is 10.6 Å². The van der Waals surface area contributed by atoms with E-state index in [4.69, 9.17) is 0 Å². The van der Waals surface area contributed by atoms with Crippen LogP contribution in [0.25, 0.3) is 0 Å². The van der Waals surface area contributed by atoms with Crippen LogP contribution in [0.15, 0.2) is 4.99 Å². The van der Waals surface area contributed by atoms with Gasteiger partial charge in [-0.25, -0.2) is 13.1 Å². The van der Waals surface area contributed by atoms with E-state index in [9.17, 15) is 8.42 Å². The number of guanidine groups is 1. The van der Waals surface area contributed by atoms with Crippen molar-refractivity contribution in [2.75, 3.05) is 26.4 Å². The molecule has 0 amide bonds. The zero-order valence-corrected chi connectivity index (χ0v) is 13.6. The molecular formula is C13H28N4O2S. The normalized spacial score (nSPS) is 24.4. The third kappa shape index (κ3) is 7.09. The van der Waals surface area contributed by atoms with Crippen molar-refractivity contribution < 1.29 is 8.42 Å². The van der Waals surface area contributed by atoms with Gasteiger partial charge in [0.25, 0.3) is 0 Å². The topological polar surface area (TPSA) is 82.6 Å². The Morgan fingerprint density at radius 1 is 1.30 bits per heavy atom. The van der Waals surface area contributed by atoms with Crippen molar-refractivity contribution in [1.82, 2.24) is 15.4 Å². The molecule has 0 aromatic heterocycles. The van der Waals surface area contributed by atoms with Crippen LogP contribution in [0.1, 0.15) is 39.0 Å². The van der Waals surface area contributed by atoms with Crippen molar-refractivity contribution >= 4 is 16.0 Å². The van der Waals surface area contributed by atoms with E-state index in [-0.39, 0.29) is 0 Å². The number of aliphatic imine (C=N–C) groups is 1. The van der Waals surface area contributed by atoms with E-state index in [2.05, 4.69) is 27.3 Å². The molecule has 1 saturated carbocycles. The number of nitrogens with one attached hydrogen (secondary N) is 3. The van der Waals surface area contributed by atoms with Crippen LogP contribution < -0.4 is 15.4 Å². The molecule has 1 aliphatic carbocycles. The lowest BCUT2D eigenvalue weighted by Gasteiger charge is -2.30. The SMILES string of the molecule is CCC1CCCC(NC(=NC)NCCNS(C)(=O)=O)C1. The van der Waals surface area contributed by atoms with Gasteiger partial charge in [0.05, 0.1) is 6.26 Å². The molecule has 0 heterocycles. The highest BCUT2D eigenvalue weighted by atomic mass is 32.2. The molecule has 7 heteroatoms. The lowest BCUT2D eigenvalue weighted by Crippen LogP contribution is -2.47. The second-order valence-electron chi connectivity index (χ2n) is 5.45. The Kier molecular flexibility index (Phi) is 7.29. The number of hydrogen-bond donors (Lipinski definition) is 3. The van der Waals surface area contributed by atoms with Crippen LogP contribution in [0, 0.1) is 5.92 Å². The second-order valence-corrected chi connectivity index (χ2v) is 7.28. The molecule has 2 unspecified atom stereocenters. The molecule has 0 radical (unpaired) electrons. The van der Waals surface area contributed by atoms with Gasteiger partial charge in [0.1, 0.15) is 0 Å². The molecule has 0 saturated heterocycles. The first kappa shape index (κ1) is 17.2. The fourth-order valence-corrected chi connectivity index (χ4v) is 3.07. The smallest absolute Gasteiger partial charge is 0.208 e. The van der Waals surface area contributed by atoms with Crippen LogP contribution in [0.2, 0.25) is 0 Å². The number of rotatable bonds is 6. The summed E-state index contributed by atoms with van der Waals surface area (Å²) in [5.41, 5.74) is 0. The first-order valence-corrected chi connectivity index (χ1v) is 9.25. The van der Waals surface area contributed by atoms with Gasteiger partial charge in [0, 0.05) is 26.2 Å². The predicted molar refractivity (Wildman–Crippen MR) is 83.4 cm³/mol. The molecule has 0 aromatic rings.